The van der Waals surface area contributed by atoms with Crippen molar-refractivity contribution in [3.8, 4) is 0 Å². The van der Waals surface area contributed by atoms with Crippen molar-refractivity contribution in [3.05, 3.63) is 247 Å². The van der Waals surface area contributed by atoms with Gasteiger partial charge in [0.05, 0.1) is 0 Å². The predicted octanol–water partition coefficient (Wildman–Crippen LogP) is 12.7. The van der Waals surface area contributed by atoms with E-state index in [0.717, 1.165) is 40.2 Å². The fraction of sp³-hybridized carbons (Fsp3) is 0.151. The van der Waals surface area contributed by atoms with Gasteiger partial charge in [-0.3, -0.25) is 0 Å². The zero-order valence-electron chi connectivity index (χ0n) is 33.3. The fourth-order valence-corrected chi connectivity index (χ4v) is 7.99. The van der Waals surface area contributed by atoms with E-state index < -0.39 is 5.41 Å². The van der Waals surface area contributed by atoms with Gasteiger partial charge in [0.25, 0.3) is 0 Å². The second-order valence-corrected chi connectivity index (χ2v) is 14.5. The number of hydrazone groups is 1. The quantitative estimate of drug-likeness (QED) is 0.0252. The Kier molecular flexibility index (Phi) is 13.2. The smallest absolute Gasteiger partial charge is 0.160 e. The molecule has 4 heteroatoms. The highest BCUT2D eigenvalue weighted by atomic mass is 15.3. The van der Waals surface area contributed by atoms with E-state index >= 15 is 0 Å². The molecule has 0 spiro atoms. The van der Waals surface area contributed by atoms with Crippen molar-refractivity contribution in [1.29, 1.82) is 0 Å². The van der Waals surface area contributed by atoms with Gasteiger partial charge in [0.15, 0.2) is 5.84 Å². The van der Waals surface area contributed by atoms with Gasteiger partial charge in [0.2, 0.25) is 0 Å². The van der Waals surface area contributed by atoms with E-state index in [1.165, 1.54) is 22.3 Å². The molecule has 0 radical (unpaired) electrons. The van der Waals surface area contributed by atoms with Crippen LogP contribution in [0.3, 0.4) is 0 Å². The molecule has 2 atom stereocenters. The summed E-state index contributed by atoms with van der Waals surface area (Å²) in [4.78, 5) is 4.54. The van der Waals surface area contributed by atoms with Gasteiger partial charge in [-0.2, -0.15) is 5.10 Å². The highest BCUT2D eigenvalue weighted by molar-refractivity contribution is 6.10. The van der Waals surface area contributed by atoms with Crippen LogP contribution in [-0.4, -0.2) is 11.9 Å². The summed E-state index contributed by atoms with van der Waals surface area (Å²) in [6.45, 7) is 21.6. The van der Waals surface area contributed by atoms with Crippen molar-refractivity contribution in [2.45, 2.75) is 50.6 Å². The molecule has 0 amide bonds. The lowest BCUT2D eigenvalue weighted by Gasteiger charge is -2.38. The number of anilines is 3. The molecule has 6 aromatic carbocycles. The van der Waals surface area contributed by atoms with Crippen LogP contribution >= 0.6 is 0 Å². The Morgan fingerprint density at radius 2 is 1.25 bits per heavy atom. The third-order valence-corrected chi connectivity index (χ3v) is 11.0. The molecular formula is C53H54N4. The third kappa shape index (κ3) is 8.46. The van der Waals surface area contributed by atoms with Crippen LogP contribution in [0.25, 0.3) is 0 Å². The molecule has 0 saturated heterocycles. The number of allylic oxidation sites excluding steroid dienone is 3. The first-order valence-corrected chi connectivity index (χ1v) is 19.7. The average molecular weight is 747 g/mol. The summed E-state index contributed by atoms with van der Waals surface area (Å²) in [5.41, 5.74) is 10.6. The summed E-state index contributed by atoms with van der Waals surface area (Å²) < 4.78 is 0. The number of hydrogen-bond acceptors (Lipinski definition) is 3. The summed E-state index contributed by atoms with van der Waals surface area (Å²) in [6, 6.07) is 55.8. The summed E-state index contributed by atoms with van der Waals surface area (Å²) in [5, 5.41) is 4.59. The van der Waals surface area contributed by atoms with Crippen LogP contribution in [0.1, 0.15) is 65.1 Å². The summed E-state index contributed by atoms with van der Waals surface area (Å²) in [7, 11) is 0. The van der Waals surface area contributed by atoms with Gasteiger partial charge in [-0.15, -0.1) is 26.3 Å². The van der Waals surface area contributed by atoms with Crippen molar-refractivity contribution in [3.63, 3.8) is 0 Å². The second kappa shape index (κ2) is 18.8. The molecule has 2 unspecified atom stereocenters. The maximum Gasteiger partial charge on any atom is 0.160 e. The average Bonchev–Trinajstić information content (AvgIpc) is 3.27. The van der Waals surface area contributed by atoms with E-state index in [1.807, 2.05) is 30.4 Å². The van der Waals surface area contributed by atoms with Gasteiger partial charge >= 0.3 is 0 Å². The van der Waals surface area contributed by atoms with E-state index in [9.17, 15) is 0 Å². The lowest BCUT2D eigenvalue weighted by Crippen LogP contribution is -2.34. The monoisotopic (exact) mass is 746 g/mol. The highest BCUT2D eigenvalue weighted by Crippen LogP contribution is 2.46. The Morgan fingerprint density at radius 3 is 1.81 bits per heavy atom. The maximum atomic E-state index is 6.50. The van der Waals surface area contributed by atoms with Crippen LogP contribution in [0.2, 0.25) is 0 Å². The van der Waals surface area contributed by atoms with Crippen molar-refractivity contribution in [1.82, 2.24) is 0 Å². The number of rotatable bonds is 17. The molecular weight excluding hydrogens is 693 g/mol. The van der Waals surface area contributed by atoms with Gasteiger partial charge in [-0.25, -0.2) is 0 Å². The van der Waals surface area contributed by atoms with E-state index in [2.05, 4.69) is 207 Å². The standard InChI is InChI=1S/C53H54N4/c1-7-22-43-25-20-21-30-51(43)57(41(6)10-4)48-34-32-47(33-35-48)56(39-42-23-14-11-15-24-42)52(55-54)44-31-36-49(40(5)9-3)50(38-44)53(37-8-2,45-26-16-12-17-27-45)46-28-18-13-19-29-46/h7-21,23-36,38,40-41H,1-4,22,37,39,54H2,5-6H3/b55-52-. The maximum absolute atomic E-state index is 6.50. The van der Waals surface area contributed by atoms with Crippen LogP contribution < -0.4 is 15.6 Å². The molecule has 0 aliphatic rings. The minimum absolute atomic E-state index is 0.0448. The zero-order chi connectivity index (χ0) is 40.2. The van der Waals surface area contributed by atoms with Crippen LogP contribution in [0.5, 0.6) is 0 Å². The minimum Gasteiger partial charge on any atom is -0.335 e. The molecule has 0 aliphatic carbocycles. The molecule has 0 saturated carbocycles. The van der Waals surface area contributed by atoms with Crippen LogP contribution in [0.4, 0.5) is 17.1 Å². The third-order valence-electron chi connectivity index (χ3n) is 11.0. The molecule has 0 aromatic heterocycles. The fourth-order valence-electron chi connectivity index (χ4n) is 7.99. The summed E-state index contributed by atoms with van der Waals surface area (Å²) >= 11 is 0. The first-order chi connectivity index (χ1) is 27.9. The van der Waals surface area contributed by atoms with Crippen molar-refractivity contribution in [2.75, 3.05) is 9.80 Å². The number of nitrogens with two attached hydrogens (primary N) is 1. The van der Waals surface area contributed by atoms with E-state index in [4.69, 9.17) is 5.84 Å². The van der Waals surface area contributed by atoms with Crippen molar-refractivity contribution < 1.29 is 0 Å². The first kappa shape index (κ1) is 40.0. The van der Waals surface area contributed by atoms with E-state index in [-0.39, 0.29) is 12.0 Å². The summed E-state index contributed by atoms with van der Waals surface area (Å²) in [6.07, 6.45) is 9.42. The van der Waals surface area contributed by atoms with Gasteiger partial charge in [0.1, 0.15) is 0 Å². The van der Waals surface area contributed by atoms with E-state index in [0.29, 0.717) is 18.8 Å². The molecule has 0 bridgehead atoms. The molecule has 6 rings (SSSR count). The Balaban J connectivity index is 1.54. The van der Waals surface area contributed by atoms with Crippen LogP contribution in [0, 0.1) is 0 Å². The Morgan fingerprint density at radius 1 is 0.667 bits per heavy atom. The van der Waals surface area contributed by atoms with Crippen LogP contribution in [-0.2, 0) is 18.4 Å². The predicted molar refractivity (Wildman–Crippen MR) is 245 cm³/mol. The SMILES string of the molecule is C=CCc1ccccc1N(c1ccc(N(Cc2ccccc2)/C(=N\N)c2ccc(C(C)C=C)c(C(CC=C)(c3ccccc3)c3ccccc3)c2)cc1)C(C)C=C. The largest absolute Gasteiger partial charge is 0.335 e. The van der Waals surface area contributed by atoms with Crippen LogP contribution in [0.15, 0.2) is 213 Å². The number of benzene rings is 6. The van der Waals surface area contributed by atoms with Crippen molar-refractivity contribution >= 4 is 22.9 Å². The highest BCUT2D eigenvalue weighted by Gasteiger charge is 2.38. The van der Waals surface area contributed by atoms with Gasteiger partial charge < -0.3 is 15.6 Å². The zero-order valence-corrected chi connectivity index (χ0v) is 33.3. The molecule has 0 heterocycles. The Hall–Kier alpha value is -6.65. The Bertz CT molecular complexity index is 2250. The number of nitrogens with zero attached hydrogens (tertiary/aromatic N) is 3. The molecule has 4 nitrogen and oxygen atoms in total. The van der Waals surface area contributed by atoms with Gasteiger partial charge in [-0.05, 0) is 95.5 Å². The molecule has 6 aromatic rings. The number of amidine groups is 1. The lowest BCUT2D eigenvalue weighted by atomic mass is 9.65. The lowest BCUT2D eigenvalue weighted by molar-refractivity contribution is 0.617. The topological polar surface area (TPSA) is 44.9 Å². The molecule has 0 fully saturated rings. The Labute approximate surface area is 340 Å². The second-order valence-electron chi connectivity index (χ2n) is 14.5. The number of hydrogen-bond donors (Lipinski definition) is 1. The normalized spacial score (nSPS) is 12.6. The van der Waals surface area contributed by atoms with Crippen molar-refractivity contribution in [2.24, 2.45) is 10.9 Å². The molecule has 2 N–H and O–H groups in total. The van der Waals surface area contributed by atoms with Gasteiger partial charge in [0, 0.05) is 40.6 Å². The van der Waals surface area contributed by atoms with E-state index in [1.54, 1.807) is 0 Å². The number of para-hydroxylation sites is 1. The first-order valence-electron chi connectivity index (χ1n) is 19.7. The minimum atomic E-state index is -0.550. The summed E-state index contributed by atoms with van der Waals surface area (Å²) in [5.74, 6) is 7.24. The molecule has 0 aliphatic heterocycles. The van der Waals surface area contributed by atoms with Gasteiger partial charge in [-0.1, -0.05) is 153 Å². The molecule has 286 valence electrons. The molecule has 57 heavy (non-hydrogen) atoms.